The van der Waals surface area contributed by atoms with Crippen LogP contribution in [0.3, 0.4) is 0 Å². The maximum absolute atomic E-state index is 12.7. The number of anilines is 1. The Bertz CT molecular complexity index is 959. The molecule has 1 heterocycles. The first-order valence-corrected chi connectivity index (χ1v) is 8.70. The van der Waals surface area contributed by atoms with Crippen molar-refractivity contribution in [3.8, 4) is 5.75 Å². The van der Waals surface area contributed by atoms with Crippen LogP contribution in [0.25, 0.3) is 0 Å². The Morgan fingerprint density at radius 3 is 2.29 bits per heavy atom. The average Bonchev–Trinajstić information content (AvgIpc) is 2.74. The second-order valence-electron chi connectivity index (χ2n) is 6.04. The molecule has 1 atom stereocenters. The van der Waals surface area contributed by atoms with Crippen LogP contribution in [0.1, 0.15) is 39.4 Å². The van der Waals surface area contributed by atoms with Gasteiger partial charge in [0.2, 0.25) is 0 Å². The van der Waals surface area contributed by atoms with Gasteiger partial charge in [0.15, 0.2) is 11.5 Å². The van der Waals surface area contributed by atoms with E-state index in [9.17, 15) is 9.59 Å². The third-order valence-electron chi connectivity index (χ3n) is 4.14. The maximum atomic E-state index is 12.7. The summed E-state index contributed by atoms with van der Waals surface area (Å²) in [5, 5.41) is 5.52. The number of carbonyl (C=O) groups excluding carboxylic acids is 2. The quantitative estimate of drug-likeness (QED) is 0.689. The van der Waals surface area contributed by atoms with Crippen LogP contribution in [0.5, 0.6) is 5.75 Å². The molecule has 0 saturated carbocycles. The molecule has 28 heavy (non-hydrogen) atoms. The van der Waals surface area contributed by atoms with Gasteiger partial charge in [-0.1, -0.05) is 30.3 Å². The fourth-order valence-corrected chi connectivity index (χ4v) is 2.61. The number of ether oxygens (including phenoxy) is 1. The Hall–Kier alpha value is -3.74. The molecule has 7 heteroatoms. The molecule has 0 aliphatic heterocycles. The summed E-state index contributed by atoms with van der Waals surface area (Å²) < 4.78 is 5.08. The van der Waals surface area contributed by atoms with Crippen molar-refractivity contribution in [1.29, 1.82) is 0 Å². The molecule has 0 fully saturated rings. The van der Waals surface area contributed by atoms with Gasteiger partial charge in [0.25, 0.3) is 11.8 Å². The molecule has 2 aromatic carbocycles. The van der Waals surface area contributed by atoms with Gasteiger partial charge >= 0.3 is 0 Å². The molecular weight excluding hydrogens is 356 g/mol. The van der Waals surface area contributed by atoms with Gasteiger partial charge in [-0.25, -0.2) is 9.97 Å². The predicted octanol–water partition coefficient (Wildman–Crippen LogP) is 3.23. The van der Waals surface area contributed by atoms with E-state index in [1.54, 1.807) is 31.4 Å². The second-order valence-corrected chi connectivity index (χ2v) is 6.04. The Balaban J connectivity index is 1.74. The summed E-state index contributed by atoms with van der Waals surface area (Å²) in [5.41, 5.74) is 1.42. The highest BCUT2D eigenvalue weighted by molar-refractivity contribution is 6.07. The van der Waals surface area contributed by atoms with Gasteiger partial charge in [0, 0.05) is 18.0 Å². The summed E-state index contributed by atoms with van der Waals surface area (Å²) in [6.07, 6.45) is 2.83. The van der Waals surface area contributed by atoms with Crippen molar-refractivity contribution in [3.63, 3.8) is 0 Å². The topological polar surface area (TPSA) is 93.2 Å². The zero-order chi connectivity index (χ0) is 19.9. The van der Waals surface area contributed by atoms with Crippen molar-refractivity contribution in [2.24, 2.45) is 0 Å². The smallest absolute Gasteiger partial charge is 0.274 e. The molecule has 0 aliphatic rings. The minimum atomic E-state index is -0.422. The Kier molecular flexibility index (Phi) is 5.96. The summed E-state index contributed by atoms with van der Waals surface area (Å²) >= 11 is 0. The maximum Gasteiger partial charge on any atom is 0.274 e. The van der Waals surface area contributed by atoms with Gasteiger partial charge in [-0.2, -0.15) is 0 Å². The normalized spacial score (nSPS) is 11.4. The lowest BCUT2D eigenvalue weighted by Gasteiger charge is -2.15. The van der Waals surface area contributed by atoms with Crippen molar-refractivity contribution in [3.05, 3.63) is 83.8 Å². The van der Waals surface area contributed by atoms with Crippen molar-refractivity contribution >= 4 is 17.6 Å². The Labute approximate surface area is 162 Å². The zero-order valence-electron chi connectivity index (χ0n) is 15.5. The van der Waals surface area contributed by atoms with Gasteiger partial charge in [-0.3, -0.25) is 9.59 Å². The number of carbonyl (C=O) groups is 2. The van der Waals surface area contributed by atoms with Gasteiger partial charge < -0.3 is 15.4 Å². The van der Waals surface area contributed by atoms with E-state index in [0.717, 1.165) is 5.56 Å². The van der Waals surface area contributed by atoms with Gasteiger partial charge in [0.05, 0.1) is 13.2 Å². The number of benzene rings is 2. The molecule has 1 unspecified atom stereocenters. The molecule has 0 radical (unpaired) electrons. The molecule has 3 rings (SSSR count). The molecule has 0 saturated heterocycles. The number of hydrogen-bond donors (Lipinski definition) is 2. The van der Waals surface area contributed by atoms with E-state index in [4.69, 9.17) is 4.74 Å². The molecule has 2 amide bonds. The van der Waals surface area contributed by atoms with Crippen molar-refractivity contribution in [2.75, 3.05) is 12.4 Å². The number of rotatable bonds is 6. The molecular formula is C21H20N4O3. The number of hydrogen-bond acceptors (Lipinski definition) is 5. The summed E-state index contributed by atoms with van der Waals surface area (Å²) in [4.78, 5) is 33.3. The monoisotopic (exact) mass is 376 g/mol. The lowest BCUT2D eigenvalue weighted by molar-refractivity contribution is 0.0935. The van der Waals surface area contributed by atoms with Gasteiger partial charge in [-0.05, 0) is 36.8 Å². The number of nitrogens with one attached hydrogen (secondary N) is 2. The molecule has 1 aromatic heterocycles. The van der Waals surface area contributed by atoms with Crippen LogP contribution in [0.4, 0.5) is 5.82 Å². The van der Waals surface area contributed by atoms with E-state index in [-0.39, 0.29) is 17.6 Å². The highest BCUT2D eigenvalue weighted by atomic mass is 16.5. The third-order valence-corrected chi connectivity index (χ3v) is 4.14. The van der Waals surface area contributed by atoms with Crippen LogP contribution in [0.2, 0.25) is 0 Å². The lowest BCUT2D eigenvalue weighted by Crippen LogP contribution is -2.29. The van der Waals surface area contributed by atoms with E-state index in [2.05, 4.69) is 20.6 Å². The number of methoxy groups -OCH3 is 1. The molecule has 7 nitrogen and oxygen atoms in total. The van der Waals surface area contributed by atoms with Crippen LogP contribution in [0, 0.1) is 0 Å². The zero-order valence-corrected chi connectivity index (χ0v) is 15.5. The van der Waals surface area contributed by atoms with Crippen LogP contribution in [-0.4, -0.2) is 28.9 Å². The van der Waals surface area contributed by atoms with E-state index in [1.807, 2.05) is 37.3 Å². The minimum absolute atomic E-state index is 0.0483. The lowest BCUT2D eigenvalue weighted by atomic mass is 10.1. The van der Waals surface area contributed by atoms with Crippen LogP contribution < -0.4 is 15.4 Å². The standard InChI is InChI=1S/C21H20N4O3/c1-14(15-6-4-3-5-7-15)24-21(27)18-19(23-13-12-22-18)25-20(26)16-8-10-17(28-2)11-9-16/h3-14H,1-2H3,(H,24,27)(H,23,25,26). The van der Waals surface area contributed by atoms with Crippen molar-refractivity contribution in [2.45, 2.75) is 13.0 Å². The first-order valence-electron chi connectivity index (χ1n) is 8.70. The van der Waals surface area contributed by atoms with E-state index < -0.39 is 11.8 Å². The van der Waals surface area contributed by atoms with Crippen LogP contribution in [0.15, 0.2) is 67.0 Å². The SMILES string of the molecule is COc1ccc(C(=O)Nc2nccnc2C(=O)NC(C)c2ccccc2)cc1. The summed E-state index contributed by atoms with van der Waals surface area (Å²) in [5.74, 6) is -0.0742. The Morgan fingerprint density at radius 2 is 1.61 bits per heavy atom. The van der Waals surface area contributed by atoms with Crippen molar-refractivity contribution < 1.29 is 14.3 Å². The molecule has 0 spiro atoms. The molecule has 3 aromatic rings. The molecule has 0 bridgehead atoms. The number of amides is 2. The number of aromatic nitrogens is 2. The van der Waals surface area contributed by atoms with Crippen LogP contribution in [-0.2, 0) is 0 Å². The highest BCUT2D eigenvalue weighted by Crippen LogP contribution is 2.16. The minimum Gasteiger partial charge on any atom is -0.497 e. The summed E-state index contributed by atoms with van der Waals surface area (Å²) in [7, 11) is 1.55. The Morgan fingerprint density at radius 1 is 0.929 bits per heavy atom. The first-order chi connectivity index (χ1) is 13.6. The first kappa shape index (κ1) is 19.0. The van der Waals surface area contributed by atoms with Gasteiger partial charge in [-0.15, -0.1) is 0 Å². The fourth-order valence-electron chi connectivity index (χ4n) is 2.61. The summed E-state index contributed by atoms with van der Waals surface area (Å²) in [6.45, 7) is 1.87. The van der Waals surface area contributed by atoms with Gasteiger partial charge in [0.1, 0.15) is 5.75 Å². The van der Waals surface area contributed by atoms with Crippen LogP contribution >= 0.6 is 0 Å². The molecule has 142 valence electrons. The third kappa shape index (κ3) is 4.50. The van der Waals surface area contributed by atoms with E-state index in [1.165, 1.54) is 12.4 Å². The molecule has 0 aliphatic carbocycles. The molecule has 2 N–H and O–H groups in total. The number of nitrogens with zero attached hydrogens (tertiary/aromatic N) is 2. The largest absolute Gasteiger partial charge is 0.497 e. The van der Waals surface area contributed by atoms with Crippen molar-refractivity contribution in [1.82, 2.24) is 15.3 Å². The van der Waals surface area contributed by atoms with E-state index in [0.29, 0.717) is 11.3 Å². The highest BCUT2D eigenvalue weighted by Gasteiger charge is 2.19. The predicted molar refractivity (Wildman–Crippen MR) is 105 cm³/mol. The summed E-state index contributed by atoms with van der Waals surface area (Å²) in [6, 6.07) is 16.0. The average molecular weight is 376 g/mol. The van der Waals surface area contributed by atoms with E-state index >= 15 is 0 Å². The second kappa shape index (κ2) is 8.77. The fraction of sp³-hybridized carbons (Fsp3) is 0.143.